The molecule has 1 aliphatic rings. The fraction of sp³-hybridized carbons (Fsp3) is 0.524. The number of rotatable bonds is 7. The van der Waals surface area contributed by atoms with Crippen LogP contribution in [0.2, 0.25) is 0 Å². The van der Waals surface area contributed by atoms with Crippen molar-refractivity contribution in [3.63, 3.8) is 0 Å². The summed E-state index contributed by atoms with van der Waals surface area (Å²) in [4.78, 5) is 17.8. The van der Waals surface area contributed by atoms with Crippen molar-refractivity contribution >= 4 is 6.09 Å². The monoisotopic (exact) mass is 403 g/mol. The smallest absolute Gasteiger partial charge is 0.407 e. The molecular weight excluding hydrogens is 374 g/mol. The first-order chi connectivity index (χ1) is 13.8. The fourth-order valence-corrected chi connectivity index (χ4v) is 3.18. The van der Waals surface area contributed by atoms with E-state index in [2.05, 4.69) is 27.3 Å². The van der Waals surface area contributed by atoms with E-state index >= 15 is 0 Å². The van der Waals surface area contributed by atoms with Crippen LogP contribution in [0.5, 0.6) is 5.75 Å². The van der Waals surface area contributed by atoms with Crippen molar-refractivity contribution in [3.05, 3.63) is 47.7 Å². The second kappa shape index (κ2) is 9.28. The van der Waals surface area contributed by atoms with Gasteiger partial charge in [0.05, 0.1) is 12.3 Å². The molecule has 0 bridgehead atoms. The number of β-amino-alcohol motifs (C(OH)–C–C–N with tert-alkyl or cyclic N) is 1. The molecule has 0 saturated heterocycles. The van der Waals surface area contributed by atoms with E-state index < -0.39 is 17.8 Å². The highest BCUT2D eigenvalue weighted by molar-refractivity contribution is 5.67. The molecule has 3 rings (SSSR count). The number of carbonyl (C=O) groups is 1. The van der Waals surface area contributed by atoms with Crippen LogP contribution in [0, 0.1) is 0 Å². The molecule has 0 saturated carbocycles. The van der Waals surface area contributed by atoms with E-state index in [0.717, 1.165) is 25.3 Å². The molecule has 8 nitrogen and oxygen atoms in total. The second-order valence-electron chi connectivity index (χ2n) is 8.21. The number of ether oxygens (including phenoxy) is 2. The van der Waals surface area contributed by atoms with Gasteiger partial charge < -0.3 is 24.3 Å². The number of oxazole rings is 1. The summed E-state index contributed by atoms with van der Waals surface area (Å²) >= 11 is 0. The van der Waals surface area contributed by atoms with Gasteiger partial charge in [-0.2, -0.15) is 0 Å². The summed E-state index contributed by atoms with van der Waals surface area (Å²) in [5.74, 6) is 1.48. The maximum Gasteiger partial charge on any atom is 0.407 e. The summed E-state index contributed by atoms with van der Waals surface area (Å²) in [5.41, 5.74) is 1.91. The number of hydrogen-bond donors (Lipinski definition) is 2. The topological polar surface area (TPSA) is 97.1 Å². The Morgan fingerprint density at radius 2 is 2.21 bits per heavy atom. The third-order valence-corrected chi connectivity index (χ3v) is 4.48. The number of fused-ring (bicyclic) bond motifs is 1. The van der Waals surface area contributed by atoms with Crippen molar-refractivity contribution < 1.29 is 23.8 Å². The van der Waals surface area contributed by atoms with Crippen LogP contribution in [0.3, 0.4) is 0 Å². The highest BCUT2D eigenvalue weighted by atomic mass is 16.6. The first-order valence-electron chi connectivity index (χ1n) is 9.78. The SMILES string of the molecule is CC(C)(C)OC(=O)NC[C@@H](O)CN1CCc2cc(OCc3cnco3)ccc2C1. The zero-order valence-corrected chi connectivity index (χ0v) is 17.2. The number of aromatic nitrogens is 1. The van der Waals surface area contributed by atoms with Crippen LogP contribution in [0.1, 0.15) is 37.7 Å². The summed E-state index contributed by atoms with van der Waals surface area (Å²) in [6.45, 7) is 7.99. The third-order valence-electron chi connectivity index (χ3n) is 4.48. The Hall–Kier alpha value is -2.58. The maximum absolute atomic E-state index is 11.7. The van der Waals surface area contributed by atoms with Crippen LogP contribution in [-0.2, 0) is 24.3 Å². The number of nitrogens with zero attached hydrogens (tertiary/aromatic N) is 2. The van der Waals surface area contributed by atoms with E-state index in [9.17, 15) is 9.90 Å². The van der Waals surface area contributed by atoms with Gasteiger partial charge >= 0.3 is 6.09 Å². The van der Waals surface area contributed by atoms with Crippen LogP contribution in [0.4, 0.5) is 4.79 Å². The minimum atomic E-state index is -0.659. The lowest BCUT2D eigenvalue weighted by Gasteiger charge is -2.30. The lowest BCUT2D eigenvalue weighted by atomic mass is 9.99. The van der Waals surface area contributed by atoms with Gasteiger partial charge in [0.25, 0.3) is 0 Å². The molecule has 158 valence electrons. The molecular formula is C21H29N3O5. The molecule has 0 aliphatic carbocycles. The third kappa shape index (κ3) is 6.76. The second-order valence-corrected chi connectivity index (χ2v) is 8.21. The van der Waals surface area contributed by atoms with Gasteiger partial charge in [0.2, 0.25) is 0 Å². The summed E-state index contributed by atoms with van der Waals surface area (Å²) in [7, 11) is 0. The minimum absolute atomic E-state index is 0.159. The Balaban J connectivity index is 1.45. The molecule has 1 aromatic heterocycles. The molecule has 8 heteroatoms. The molecule has 1 aromatic carbocycles. The summed E-state index contributed by atoms with van der Waals surface area (Å²) < 4.78 is 16.1. The summed E-state index contributed by atoms with van der Waals surface area (Å²) in [5, 5.41) is 12.9. The Morgan fingerprint density at radius 1 is 1.38 bits per heavy atom. The lowest BCUT2D eigenvalue weighted by Crippen LogP contribution is -2.43. The van der Waals surface area contributed by atoms with Gasteiger partial charge in [0.1, 0.15) is 18.0 Å². The number of amides is 1. The van der Waals surface area contributed by atoms with Gasteiger partial charge in [-0.3, -0.25) is 4.90 Å². The molecule has 0 unspecified atom stereocenters. The van der Waals surface area contributed by atoms with Crippen molar-refractivity contribution in [3.8, 4) is 5.75 Å². The number of benzene rings is 1. The molecule has 1 amide bonds. The number of nitrogens with one attached hydrogen (secondary N) is 1. The van der Waals surface area contributed by atoms with Gasteiger partial charge in [-0.05, 0) is 50.5 Å². The van der Waals surface area contributed by atoms with Crippen LogP contribution >= 0.6 is 0 Å². The minimum Gasteiger partial charge on any atom is -0.486 e. The predicted octanol–water partition coefficient (Wildman–Crippen LogP) is 2.50. The summed E-state index contributed by atoms with van der Waals surface area (Å²) in [6, 6.07) is 6.06. The highest BCUT2D eigenvalue weighted by Gasteiger charge is 2.21. The lowest BCUT2D eigenvalue weighted by molar-refractivity contribution is 0.0464. The van der Waals surface area contributed by atoms with E-state index in [0.29, 0.717) is 18.9 Å². The molecule has 1 aliphatic heterocycles. The number of hydrogen-bond acceptors (Lipinski definition) is 7. The van der Waals surface area contributed by atoms with Crippen molar-refractivity contribution in [2.75, 3.05) is 19.6 Å². The van der Waals surface area contributed by atoms with E-state index in [1.54, 1.807) is 27.0 Å². The normalized spacial score (nSPS) is 15.4. The molecule has 2 N–H and O–H groups in total. The van der Waals surface area contributed by atoms with Crippen LogP contribution < -0.4 is 10.1 Å². The Morgan fingerprint density at radius 3 is 2.93 bits per heavy atom. The Kier molecular flexibility index (Phi) is 6.76. The van der Waals surface area contributed by atoms with Crippen molar-refractivity contribution in [2.24, 2.45) is 0 Å². The first kappa shape index (κ1) is 21.1. The van der Waals surface area contributed by atoms with Crippen molar-refractivity contribution in [1.29, 1.82) is 0 Å². The number of alkyl carbamates (subject to hydrolysis) is 1. The quantitative estimate of drug-likeness (QED) is 0.733. The van der Waals surface area contributed by atoms with Crippen LogP contribution in [0.15, 0.2) is 35.2 Å². The molecule has 0 fully saturated rings. The highest BCUT2D eigenvalue weighted by Crippen LogP contribution is 2.24. The van der Waals surface area contributed by atoms with E-state index in [-0.39, 0.29) is 6.54 Å². The zero-order chi connectivity index (χ0) is 20.9. The molecule has 2 aromatic rings. The van der Waals surface area contributed by atoms with Gasteiger partial charge in [0.15, 0.2) is 12.2 Å². The largest absolute Gasteiger partial charge is 0.486 e. The number of aliphatic hydroxyl groups excluding tert-OH is 1. The fourth-order valence-electron chi connectivity index (χ4n) is 3.18. The zero-order valence-electron chi connectivity index (χ0n) is 17.2. The molecule has 29 heavy (non-hydrogen) atoms. The number of aliphatic hydroxyl groups is 1. The molecule has 1 atom stereocenters. The van der Waals surface area contributed by atoms with Gasteiger partial charge in [0, 0.05) is 26.2 Å². The van der Waals surface area contributed by atoms with Gasteiger partial charge in [-0.25, -0.2) is 9.78 Å². The number of carbonyl (C=O) groups excluding carboxylic acids is 1. The Bertz CT molecular complexity index is 801. The first-order valence-corrected chi connectivity index (χ1v) is 9.78. The van der Waals surface area contributed by atoms with Gasteiger partial charge in [-0.15, -0.1) is 0 Å². The Labute approximate surface area is 170 Å². The van der Waals surface area contributed by atoms with Crippen molar-refractivity contribution in [1.82, 2.24) is 15.2 Å². The average molecular weight is 403 g/mol. The molecule has 0 spiro atoms. The van der Waals surface area contributed by atoms with Crippen LogP contribution in [0.25, 0.3) is 0 Å². The summed E-state index contributed by atoms with van der Waals surface area (Å²) in [6.07, 6.45) is 2.73. The standard InChI is InChI=1S/C21H29N3O5/c1-21(2,3)29-20(26)23-9-17(25)12-24-7-6-15-8-18(5-4-16(15)11-24)27-13-19-10-22-14-28-19/h4-5,8,10,14,17,25H,6-7,9,11-13H2,1-3H3,(H,23,26)/t17-/m1/s1. The van der Waals surface area contributed by atoms with Crippen LogP contribution in [-0.4, -0.2) is 52.4 Å². The average Bonchev–Trinajstić information content (AvgIpc) is 3.17. The van der Waals surface area contributed by atoms with E-state index in [4.69, 9.17) is 13.9 Å². The van der Waals surface area contributed by atoms with E-state index in [1.165, 1.54) is 17.5 Å². The van der Waals surface area contributed by atoms with E-state index in [1.807, 2.05) is 6.07 Å². The molecule has 2 heterocycles. The maximum atomic E-state index is 11.7. The predicted molar refractivity (Wildman–Crippen MR) is 107 cm³/mol. The van der Waals surface area contributed by atoms with Gasteiger partial charge in [-0.1, -0.05) is 6.07 Å². The van der Waals surface area contributed by atoms with Crippen molar-refractivity contribution in [2.45, 2.75) is 52.0 Å². The molecule has 0 radical (unpaired) electrons.